The summed E-state index contributed by atoms with van der Waals surface area (Å²) in [5.41, 5.74) is 3.09. The average molecular weight is 397 g/mol. The largest absolute Gasteiger partial charge is 0.452 e. The first kappa shape index (κ1) is 19.5. The molecule has 29 heavy (non-hydrogen) atoms. The molecule has 7 nitrogen and oxygen atoms in total. The number of hydrogen-bond acceptors (Lipinski definition) is 5. The molecule has 0 aliphatic heterocycles. The van der Waals surface area contributed by atoms with Crippen molar-refractivity contribution in [3.8, 4) is 5.82 Å². The molecular formula is C22H27N3O4. The summed E-state index contributed by atoms with van der Waals surface area (Å²) >= 11 is 0. The molecule has 2 aromatic rings. The highest BCUT2D eigenvalue weighted by atomic mass is 16.5. The number of rotatable bonds is 6. The lowest BCUT2D eigenvalue weighted by atomic mass is 10.0. The Labute approximate surface area is 170 Å². The number of carbonyl (C=O) groups excluding carboxylic acids is 2. The highest BCUT2D eigenvalue weighted by Gasteiger charge is 2.35. The molecule has 4 rings (SSSR count). The van der Waals surface area contributed by atoms with Gasteiger partial charge >= 0.3 is 5.97 Å². The molecule has 0 N–H and O–H groups in total. The van der Waals surface area contributed by atoms with Crippen molar-refractivity contribution in [2.24, 2.45) is 0 Å². The van der Waals surface area contributed by atoms with Gasteiger partial charge in [0.2, 0.25) is 0 Å². The van der Waals surface area contributed by atoms with Crippen LogP contribution < -0.4 is 0 Å². The molecule has 1 saturated carbocycles. The van der Waals surface area contributed by atoms with Crippen LogP contribution in [0.1, 0.15) is 66.0 Å². The molecule has 1 amide bonds. The minimum Gasteiger partial charge on any atom is -0.452 e. The molecular weight excluding hydrogens is 370 g/mol. The predicted molar refractivity (Wildman–Crippen MR) is 107 cm³/mol. The number of aromatic nitrogens is 2. The molecule has 0 radical (unpaired) electrons. The Morgan fingerprint density at radius 3 is 2.66 bits per heavy atom. The third-order valence-corrected chi connectivity index (χ3v) is 5.58. The van der Waals surface area contributed by atoms with Crippen LogP contribution in [-0.4, -0.2) is 39.1 Å². The fourth-order valence-electron chi connectivity index (χ4n) is 4.03. The fraction of sp³-hybridized carbons (Fsp3) is 0.500. The molecule has 2 aliphatic rings. The van der Waals surface area contributed by atoms with Gasteiger partial charge in [0.05, 0.1) is 5.56 Å². The van der Waals surface area contributed by atoms with Gasteiger partial charge in [-0.25, -0.2) is 4.79 Å². The summed E-state index contributed by atoms with van der Waals surface area (Å²) in [6.07, 6.45) is 8.43. The van der Waals surface area contributed by atoms with Crippen LogP contribution in [0.3, 0.4) is 0 Å². The number of nitrogens with zero attached hydrogens (tertiary/aromatic N) is 3. The molecule has 0 aromatic carbocycles. The number of hydrogen-bond donors (Lipinski definition) is 0. The zero-order valence-corrected chi connectivity index (χ0v) is 17.2. The van der Waals surface area contributed by atoms with E-state index in [0.717, 1.165) is 43.5 Å². The van der Waals surface area contributed by atoms with E-state index in [2.05, 4.69) is 11.2 Å². The Morgan fingerprint density at radius 2 is 2.03 bits per heavy atom. The van der Waals surface area contributed by atoms with Gasteiger partial charge in [-0.15, -0.1) is 0 Å². The van der Waals surface area contributed by atoms with Crippen LogP contribution in [0.15, 0.2) is 28.4 Å². The Kier molecular flexibility index (Phi) is 5.30. The van der Waals surface area contributed by atoms with Crippen molar-refractivity contribution in [2.75, 3.05) is 6.61 Å². The van der Waals surface area contributed by atoms with E-state index in [1.807, 2.05) is 36.3 Å². The van der Waals surface area contributed by atoms with E-state index >= 15 is 0 Å². The van der Waals surface area contributed by atoms with Crippen molar-refractivity contribution < 1.29 is 18.8 Å². The summed E-state index contributed by atoms with van der Waals surface area (Å²) in [4.78, 5) is 27.4. The second kappa shape index (κ2) is 7.89. The minimum absolute atomic E-state index is 0.130. The van der Waals surface area contributed by atoms with Gasteiger partial charge in [0.1, 0.15) is 5.76 Å². The second-order valence-electron chi connectivity index (χ2n) is 7.93. The van der Waals surface area contributed by atoms with Gasteiger partial charge in [0.25, 0.3) is 5.91 Å². The summed E-state index contributed by atoms with van der Waals surface area (Å²) in [5.74, 6) is 0.692. The van der Waals surface area contributed by atoms with Crippen LogP contribution >= 0.6 is 0 Å². The quantitative estimate of drug-likeness (QED) is 0.689. The van der Waals surface area contributed by atoms with Crippen molar-refractivity contribution in [1.29, 1.82) is 0 Å². The van der Waals surface area contributed by atoms with Gasteiger partial charge in [0, 0.05) is 29.2 Å². The van der Waals surface area contributed by atoms with Crippen LogP contribution in [-0.2, 0) is 9.53 Å². The van der Waals surface area contributed by atoms with Crippen LogP contribution in [0.25, 0.3) is 5.82 Å². The highest BCUT2D eigenvalue weighted by molar-refractivity contribution is 5.93. The standard InChI is InChI=1S/C22H27N3O4/c1-14-11-19(16(3)24(14)20-12-15(2)29-23-20)22(27)28-13-21(26)25(18-9-10-18)17-7-5-4-6-8-17/h7,11-12,18H,4-6,8-10,13H2,1-3H3. The van der Waals surface area contributed by atoms with Gasteiger partial charge in [0.15, 0.2) is 12.4 Å². The summed E-state index contributed by atoms with van der Waals surface area (Å²) in [7, 11) is 0. The monoisotopic (exact) mass is 397 g/mol. The molecule has 0 unspecified atom stereocenters. The Hall–Kier alpha value is -2.83. The molecule has 0 spiro atoms. The van der Waals surface area contributed by atoms with Crippen LogP contribution in [0.5, 0.6) is 0 Å². The molecule has 0 bridgehead atoms. The van der Waals surface area contributed by atoms with Gasteiger partial charge in [-0.2, -0.15) is 0 Å². The van der Waals surface area contributed by atoms with E-state index in [1.54, 1.807) is 6.07 Å². The number of allylic oxidation sites excluding steroid dienone is 2. The third kappa shape index (κ3) is 3.99. The first-order chi connectivity index (χ1) is 14.0. The number of aryl methyl sites for hydroxylation is 2. The molecule has 1 fully saturated rings. The summed E-state index contributed by atoms with van der Waals surface area (Å²) in [6, 6.07) is 3.84. The third-order valence-electron chi connectivity index (χ3n) is 5.58. The molecule has 2 heterocycles. The number of carbonyl (C=O) groups is 2. The van der Waals surface area contributed by atoms with E-state index in [4.69, 9.17) is 9.26 Å². The lowest BCUT2D eigenvalue weighted by Gasteiger charge is -2.27. The fourth-order valence-corrected chi connectivity index (χ4v) is 4.03. The van der Waals surface area contributed by atoms with Crippen molar-refractivity contribution in [3.63, 3.8) is 0 Å². The molecule has 0 atom stereocenters. The summed E-state index contributed by atoms with van der Waals surface area (Å²) in [5, 5.41) is 4.02. The SMILES string of the molecule is Cc1cc(-n2c(C)cc(C(=O)OCC(=O)N(C3=CCCCC3)C3CC3)c2C)no1. The first-order valence-electron chi connectivity index (χ1n) is 10.3. The Balaban J connectivity index is 1.46. The molecule has 154 valence electrons. The van der Waals surface area contributed by atoms with Gasteiger partial charge in [-0.05, 0) is 65.4 Å². The van der Waals surface area contributed by atoms with Gasteiger partial charge in [-0.3, -0.25) is 9.36 Å². The Morgan fingerprint density at radius 1 is 1.24 bits per heavy atom. The summed E-state index contributed by atoms with van der Waals surface area (Å²) < 4.78 is 12.4. The Bertz CT molecular complexity index is 965. The molecule has 2 aromatic heterocycles. The van der Waals surface area contributed by atoms with E-state index in [0.29, 0.717) is 22.8 Å². The van der Waals surface area contributed by atoms with Crippen molar-refractivity contribution in [2.45, 2.75) is 65.3 Å². The smallest absolute Gasteiger partial charge is 0.340 e. The molecule has 0 saturated heterocycles. The topological polar surface area (TPSA) is 77.6 Å². The van der Waals surface area contributed by atoms with Crippen LogP contribution in [0.4, 0.5) is 0 Å². The second-order valence-corrected chi connectivity index (χ2v) is 7.93. The predicted octanol–water partition coefficient (Wildman–Crippen LogP) is 4.00. The van der Waals surface area contributed by atoms with E-state index in [-0.39, 0.29) is 18.6 Å². The number of amides is 1. The summed E-state index contributed by atoms with van der Waals surface area (Å²) in [6.45, 7) is 5.31. The lowest BCUT2D eigenvalue weighted by molar-refractivity contribution is -0.133. The van der Waals surface area contributed by atoms with Crippen molar-refractivity contribution in [3.05, 3.63) is 46.6 Å². The maximum Gasteiger partial charge on any atom is 0.340 e. The average Bonchev–Trinajstić information content (AvgIpc) is 3.37. The normalized spacial score (nSPS) is 16.4. The van der Waals surface area contributed by atoms with Gasteiger partial charge in [-0.1, -0.05) is 11.2 Å². The van der Waals surface area contributed by atoms with Crippen molar-refractivity contribution >= 4 is 11.9 Å². The van der Waals surface area contributed by atoms with E-state index < -0.39 is 5.97 Å². The van der Waals surface area contributed by atoms with E-state index in [1.165, 1.54) is 6.42 Å². The zero-order valence-electron chi connectivity index (χ0n) is 17.2. The molecule has 7 heteroatoms. The minimum atomic E-state index is -0.494. The van der Waals surface area contributed by atoms with Crippen LogP contribution in [0, 0.1) is 20.8 Å². The molecule has 2 aliphatic carbocycles. The number of esters is 1. The number of ether oxygens (including phenoxy) is 1. The van der Waals surface area contributed by atoms with Gasteiger partial charge < -0.3 is 14.2 Å². The van der Waals surface area contributed by atoms with Crippen LogP contribution in [0.2, 0.25) is 0 Å². The first-order valence-corrected chi connectivity index (χ1v) is 10.3. The van der Waals surface area contributed by atoms with E-state index in [9.17, 15) is 9.59 Å². The maximum absolute atomic E-state index is 12.8. The maximum atomic E-state index is 12.8. The van der Waals surface area contributed by atoms with Crippen molar-refractivity contribution in [1.82, 2.24) is 14.6 Å². The lowest BCUT2D eigenvalue weighted by Crippen LogP contribution is -2.36. The highest BCUT2D eigenvalue weighted by Crippen LogP contribution is 2.33. The zero-order chi connectivity index (χ0) is 20.5.